The summed E-state index contributed by atoms with van der Waals surface area (Å²) in [6.45, 7) is 6.02. The van der Waals surface area contributed by atoms with Gasteiger partial charge in [0.05, 0.1) is 0 Å². The van der Waals surface area contributed by atoms with Gasteiger partial charge < -0.3 is 15.1 Å². The van der Waals surface area contributed by atoms with E-state index in [-0.39, 0.29) is 12.1 Å². The van der Waals surface area contributed by atoms with E-state index >= 15 is 0 Å². The van der Waals surface area contributed by atoms with Gasteiger partial charge in [0.2, 0.25) is 0 Å². The third kappa shape index (κ3) is 6.04. The molecule has 1 saturated heterocycles. The van der Waals surface area contributed by atoms with Crippen molar-refractivity contribution in [3.63, 3.8) is 0 Å². The van der Waals surface area contributed by atoms with Crippen molar-refractivity contribution in [2.45, 2.75) is 45.2 Å². The zero-order valence-electron chi connectivity index (χ0n) is 12.8. The predicted octanol–water partition coefficient (Wildman–Crippen LogP) is 2.25. The Labute approximate surface area is 122 Å². The summed E-state index contributed by atoms with van der Waals surface area (Å²) in [5.41, 5.74) is 0. The predicted molar refractivity (Wildman–Crippen MR) is 83.9 cm³/mol. The highest BCUT2D eigenvalue weighted by atomic mass is 32.2. The van der Waals surface area contributed by atoms with Gasteiger partial charge in [-0.3, -0.25) is 0 Å². The van der Waals surface area contributed by atoms with Crippen molar-refractivity contribution in [2.24, 2.45) is 0 Å². The summed E-state index contributed by atoms with van der Waals surface area (Å²) >= 11 is 1.93. The third-order valence-electron chi connectivity index (χ3n) is 3.68. The highest BCUT2D eigenvalue weighted by Crippen LogP contribution is 2.14. The molecule has 0 radical (unpaired) electrons. The maximum absolute atomic E-state index is 12.2. The van der Waals surface area contributed by atoms with Crippen molar-refractivity contribution < 1.29 is 4.79 Å². The molecule has 2 amide bonds. The van der Waals surface area contributed by atoms with E-state index in [0.717, 1.165) is 37.4 Å². The molecule has 112 valence electrons. The average molecular weight is 287 g/mol. The Morgan fingerprint density at radius 2 is 2.26 bits per heavy atom. The normalized spacial score (nSPS) is 21.5. The molecule has 0 aromatic carbocycles. The van der Waals surface area contributed by atoms with E-state index < -0.39 is 0 Å². The summed E-state index contributed by atoms with van der Waals surface area (Å²) in [7, 11) is 4.19. The molecule has 2 atom stereocenters. The lowest BCUT2D eigenvalue weighted by atomic mass is 10.1. The monoisotopic (exact) mass is 287 g/mol. The summed E-state index contributed by atoms with van der Waals surface area (Å²) in [5.74, 6) is 2.27. The molecule has 1 N–H and O–H groups in total. The number of urea groups is 1. The zero-order chi connectivity index (χ0) is 14.3. The lowest BCUT2D eigenvalue weighted by Gasteiger charge is -2.36. The van der Waals surface area contributed by atoms with Crippen LogP contribution in [-0.2, 0) is 0 Å². The lowest BCUT2D eigenvalue weighted by molar-refractivity contribution is 0.138. The first kappa shape index (κ1) is 16.6. The van der Waals surface area contributed by atoms with E-state index in [1.807, 2.05) is 16.7 Å². The Hall–Kier alpha value is -0.420. The second-order valence-electron chi connectivity index (χ2n) is 5.54. The van der Waals surface area contributed by atoms with Crippen LogP contribution in [-0.4, -0.2) is 66.6 Å². The second-order valence-corrected chi connectivity index (χ2v) is 6.94. The van der Waals surface area contributed by atoms with Crippen LogP contribution >= 0.6 is 11.8 Å². The number of nitrogens with one attached hydrogen (secondary N) is 1. The Kier molecular flexibility index (Phi) is 7.61. The number of carbonyl (C=O) groups excluding carboxylic acids is 1. The summed E-state index contributed by atoms with van der Waals surface area (Å²) in [5, 5.41) is 3.12. The van der Waals surface area contributed by atoms with Crippen LogP contribution in [0.3, 0.4) is 0 Å². The number of hydrogen-bond donors (Lipinski definition) is 1. The molecule has 0 unspecified atom stereocenters. The zero-order valence-corrected chi connectivity index (χ0v) is 13.6. The summed E-state index contributed by atoms with van der Waals surface area (Å²) in [6, 6.07) is 0.886. The number of likely N-dealkylation sites (N-methyl/N-ethyl adjacent to an activating group) is 1. The molecule has 5 heteroatoms. The second kappa shape index (κ2) is 8.69. The van der Waals surface area contributed by atoms with Crippen molar-refractivity contribution in [3.05, 3.63) is 0 Å². The van der Waals surface area contributed by atoms with Crippen LogP contribution in [0.1, 0.15) is 33.1 Å². The fourth-order valence-electron chi connectivity index (χ4n) is 2.34. The molecular formula is C14H29N3OS. The fourth-order valence-corrected chi connectivity index (χ4v) is 3.15. The van der Waals surface area contributed by atoms with Crippen molar-refractivity contribution in [1.82, 2.24) is 15.1 Å². The molecular weight excluding hydrogens is 258 g/mol. The first-order valence-electron chi connectivity index (χ1n) is 7.34. The van der Waals surface area contributed by atoms with E-state index in [1.54, 1.807) is 0 Å². The topological polar surface area (TPSA) is 35.6 Å². The molecule has 0 bridgehead atoms. The van der Waals surface area contributed by atoms with Crippen LogP contribution in [0.4, 0.5) is 4.79 Å². The molecule has 1 aliphatic rings. The number of nitrogens with zero attached hydrogens (tertiary/aromatic N) is 2. The maximum atomic E-state index is 12.2. The van der Waals surface area contributed by atoms with Gasteiger partial charge in [0.15, 0.2) is 0 Å². The van der Waals surface area contributed by atoms with E-state index in [1.165, 1.54) is 6.42 Å². The van der Waals surface area contributed by atoms with E-state index in [4.69, 9.17) is 0 Å². The van der Waals surface area contributed by atoms with Crippen LogP contribution in [0.15, 0.2) is 0 Å². The van der Waals surface area contributed by atoms with Gasteiger partial charge in [0, 0.05) is 25.2 Å². The Morgan fingerprint density at radius 3 is 2.89 bits per heavy atom. The number of hydrogen-bond acceptors (Lipinski definition) is 3. The van der Waals surface area contributed by atoms with E-state index in [0.29, 0.717) is 6.04 Å². The van der Waals surface area contributed by atoms with Crippen LogP contribution in [0.2, 0.25) is 0 Å². The van der Waals surface area contributed by atoms with Crippen LogP contribution in [0.25, 0.3) is 0 Å². The molecule has 4 nitrogen and oxygen atoms in total. The number of rotatable bonds is 6. The van der Waals surface area contributed by atoms with Gasteiger partial charge in [-0.15, -0.1) is 0 Å². The molecule has 1 rings (SSSR count). The molecule has 1 heterocycles. The van der Waals surface area contributed by atoms with Crippen molar-refractivity contribution in [3.8, 4) is 0 Å². The Bertz CT molecular complexity index is 273. The summed E-state index contributed by atoms with van der Waals surface area (Å²) < 4.78 is 0. The molecule has 0 aromatic rings. The van der Waals surface area contributed by atoms with E-state index in [9.17, 15) is 4.79 Å². The van der Waals surface area contributed by atoms with Crippen LogP contribution < -0.4 is 5.32 Å². The minimum Gasteiger partial charge on any atom is -0.336 e. The summed E-state index contributed by atoms with van der Waals surface area (Å²) in [4.78, 5) is 16.4. The first-order chi connectivity index (χ1) is 9.04. The van der Waals surface area contributed by atoms with Gasteiger partial charge in [-0.25, -0.2) is 4.79 Å². The van der Waals surface area contributed by atoms with Crippen LogP contribution in [0, 0.1) is 0 Å². The lowest BCUT2D eigenvalue weighted by Crippen LogP contribution is -2.52. The average Bonchev–Trinajstić information content (AvgIpc) is 2.39. The maximum Gasteiger partial charge on any atom is 0.317 e. The number of carbonyl (C=O) groups is 1. The minimum atomic E-state index is 0.112. The quantitative estimate of drug-likeness (QED) is 0.761. The van der Waals surface area contributed by atoms with Gasteiger partial charge in [-0.1, -0.05) is 6.92 Å². The van der Waals surface area contributed by atoms with Crippen LogP contribution in [0.5, 0.6) is 0 Å². The van der Waals surface area contributed by atoms with Gasteiger partial charge in [0.1, 0.15) is 0 Å². The van der Waals surface area contributed by atoms with Gasteiger partial charge >= 0.3 is 6.03 Å². The van der Waals surface area contributed by atoms with Gasteiger partial charge in [-0.2, -0.15) is 11.8 Å². The number of likely N-dealkylation sites (tertiary alicyclic amines) is 1. The van der Waals surface area contributed by atoms with Gasteiger partial charge in [-0.05, 0) is 51.8 Å². The summed E-state index contributed by atoms with van der Waals surface area (Å²) in [6.07, 6.45) is 3.35. The van der Waals surface area contributed by atoms with Crippen molar-refractivity contribution >= 4 is 17.8 Å². The standard InChI is InChI=1S/C14H29N3OS/c1-5-19-10-8-12(2)15-14(18)17-9-6-7-13(11-17)16(3)4/h12-13H,5-11H2,1-4H3,(H,15,18)/t12-,13+/m1/s1. The number of thioether (sulfide) groups is 1. The van der Waals surface area contributed by atoms with Gasteiger partial charge in [0.25, 0.3) is 0 Å². The number of amides is 2. The molecule has 0 spiro atoms. The fraction of sp³-hybridized carbons (Fsp3) is 0.929. The smallest absolute Gasteiger partial charge is 0.317 e. The SMILES string of the molecule is CCSCC[C@@H](C)NC(=O)N1CCC[C@H](N(C)C)C1. The Balaban J connectivity index is 2.31. The van der Waals surface area contributed by atoms with Crippen molar-refractivity contribution in [2.75, 3.05) is 38.7 Å². The highest BCUT2D eigenvalue weighted by molar-refractivity contribution is 7.99. The van der Waals surface area contributed by atoms with E-state index in [2.05, 4.69) is 38.2 Å². The Morgan fingerprint density at radius 1 is 1.53 bits per heavy atom. The largest absolute Gasteiger partial charge is 0.336 e. The third-order valence-corrected chi connectivity index (χ3v) is 4.62. The van der Waals surface area contributed by atoms with Crippen molar-refractivity contribution in [1.29, 1.82) is 0 Å². The first-order valence-corrected chi connectivity index (χ1v) is 8.49. The number of piperidine rings is 1. The molecule has 1 fully saturated rings. The molecule has 19 heavy (non-hydrogen) atoms. The molecule has 0 aliphatic carbocycles. The molecule has 1 aliphatic heterocycles. The molecule has 0 saturated carbocycles. The minimum absolute atomic E-state index is 0.112. The molecule has 0 aromatic heterocycles. The highest BCUT2D eigenvalue weighted by Gasteiger charge is 2.25.